The topological polar surface area (TPSA) is 57.8 Å². The lowest BCUT2D eigenvalue weighted by molar-refractivity contribution is -0.144. The van der Waals surface area contributed by atoms with Crippen molar-refractivity contribution in [1.82, 2.24) is 9.97 Å². The first kappa shape index (κ1) is 17.0. The van der Waals surface area contributed by atoms with Crippen molar-refractivity contribution in [1.29, 1.82) is 0 Å². The van der Waals surface area contributed by atoms with Gasteiger partial charge in [-0.25, -0.2) is 4.98 Å². The summed E-state index contributed by atoms with van der Waals surface area (Å²) in [5.74, 6) is -1.76. The minimum absolute atomic E-state index is 0.0890. The summed E-state index contributed by atoms with van der Waals surface area (Å²) >= 11 is 0. The summed E-state index contributed by atoms with van der Waals surface area (Å²) in [5, 5.41) is 2.71. The molecular weight excluding hydrogens is 331 g/mol. The van der Waals surface area contributed by atoms with E-state index in [1.165, 1.54) is 6.07 Å². The number of nitrogens with zero attached hydrogens (tertiary/aromatic N) is 1. The average Bonchev–Trinajstić information content (AvgIpc) is 3.02. The lowest BCUT2D eigenvalue weighted by atomic mass is 9.95. The van der Waals surface area contributed by atoms with Gasteiger partial charge >= 0.3 is 6.18 Å². The lowest BCUT2D eigenvalue weighted by Crippen LogP contribution is -2.20. The Bertz CT molecular complexity index is 887. The predicted molar refractivity (Wildman–Crippen MR) is 89.2 cm³/mol. The highest BCUT2D eigenvalue weighted by molar-refractivity contribution is 6.02. The normalized spacial score (nSPS) is 13.0. The third kappa shape index (κ3) is 3.50. The van der Waals surface area contributed by atoms with Crippen LogP contribution in [-0.4, -0.2) is 15.9 Å². The molecule has 0 spiro atoms. The monoisotopic (exact) mass is 347 g/mol. The van der Waals surface area contributed by atoms with Gasteiger partial charge in [-0.2, -0.15) is 13.2 Å². The SMILES string of the molecule is CC[C@@H](C(=O)Nc1cccc2[nH]c(C(F)(F)F)nc12)c1ccccc1. The smallest absolute Gasteiger partial charge is 0.334 e. The molecule has 2 aromatic carbocycles. The van der Waals surface area contributed by atoms with Crippen LogP contribution in [0.2, 0.25) is 0 Å². The van der Waals surface area contributed by atoms with Crippen LogP contribution >= 0.6 is 0 Å². The van der Waals surface area contributed by atoms with Crippen LogP contribution in [0.5, 0.6) is 0 Å². The number of aromatic amines is 1. The van der Waals surface area contributed by atoms with E-state index in [4.69, 9.17) is 0 Å². The van der Waals surface area contributed by atoms with Gasteiger partial charge in [-0.1, -0.05) is 43.3 Å². The maximum Gasteiger partial charge on any atom is 0.449 e. The van der Waals surface area contributed by atoms with Crippen LogP contribution in [0.25, 0.3) is 11.0 Å². The standard InChI is InChI=1S/C18H16F3N3O/c1-2-12(11-7-4-3-5-8-11)16(25)22-13-9-6-10-14-15(13)24-17(23-14)18(19,20)21/h3-10,12H,2H2,1H3,(H,22,25)(H,23,24)/t12-/m1/s1. The van der Waals surface area contributed by atoms with Crippen LogP contribution in [0.3, 0.4) is 0 Å². The van der Waals surface area contributed by atoms with E-state index >= 15 is 0 Å². The Labute approximate surface area is 142 Å². The number of imidazole rings is 1. The number of benzene rings is 2. The molecule has 1 amide bonds. The number of anilines is 1. The number of hydrogen-bond donors (Lipinski definition) is 2. The molecule has 0 unspecified atom stereocenters. The summed E-state index contributed by atoms with van der Waals surface area (Å²) < 4.78 is 38.5. The molecule has 130 valence electrons. The van der Waals surface area contributed by atoms with Crippen molar-refractivity contribution in [2.75, 3.05) is 5.32 Å². The van der Waals surface area contributed by atoms with Crippen molar-refractivity contribution in [2.45, 2.75) is 25.4 Å². The van der Waals surface area contributed by atoms with E-state index in [9.17, 15) is 18.0 Å². The summed E-state index contributed by atoms with van der Waals surface area (Å²) in [5.41, 5.74) is 1.42. The summed E-state index contributed by atoms with van der Waals surface area (Å²) in [6, 6.07) is 13.8. The first-order chi connectivity index (χ1) is 11.9. The molecule has 2 N–H and O–H groups in total. The third-order valence-corrected chi connectivity index (χ3v) is 3.97. The van der Waals surface area contributed by atoms with Crippen LogP contribution < -0.4 is 5.32 Å². The number of aromatic nitrogens is 2. The molecule has 3 aromatic rings. The van der Waals surface area contributed by atoms with Gasteiger partial charge in [-0.15, -0.1) is 0 Å². The molecule has 0 aliphatic rings. The van der Waals surface area contributed by atoms with Gasteiger partial charge in [0.25, 0.3) is 0 Å². The van der Waals surface area contributed by atoms with Crippen LogP contribution in [0.4, 0.5) is 18.9 Å². The number of carbonyl (C=O) groups excluding carboxylic acids is 1. The van der Waals surface area contributed by atoms with Crippen molar-refractivity contribution >= 4 is 22.6 Å². The van der Waals surface area contributed by atoms with Gasteiger partial charge in [-0.05, 0) is 24.1 Å². The second kappa shape index (κ2) is 6.58. The summed E-state index contributed by atoms with van der Waals surface area (Å²) in [7, 11) is 0. The Morgan fingerprint density at radius 3 is 2.52 bits per heavy atom. The quantitative estimate of drug-likeness (QED) is 0.718. The fraction of sp³-hybridized carbons (Fsp3) is 0.222. The number of rotatable bonds is 4. The number of alkyl halides is 3. The Balaban J connectivity index is 1.92. The van der Waals surface area contributed by atoms with Gasteiger partial charge in [0.1, 0.15) is 5.52 Å². The molecule has 4 nitrogen and oxygen atoms in total. The molecule has 0 aliphatic heterocycles. The molecule has 25 heavy (non-hydrogen) atoms. The van der Waals surface area contributed by atoms with E-state index in [-0.39, 0.29) is 22.6 Å². The molecule has 3 rings (SSSR count). The molecule has 0 saturated heterocycles. The van der Waals surface area contributed by atoms with Gasteiger partial charge in [0.15, 0.2) is 0 Å². The number of amides is 1. The molecule has 7 heteroatoms. The lowest BCUT2D eigenvalue weighted by Gasteiger charge is -2.15. The molecule has 1 aromatic heterocycles. The second-order valence-corrected chi connectivity index (χ2v) is 5.65. The van der Waals surface area contributed by atoms with E-state index in [0.717, 1.165) is 5.56 Å². The van der Waals surface area contributed by atoms with E-state index in [1.807, 2.05) is 37.3 Å². The summed E-state index contributed by atoms with van der Waals surface area (Å²) in [6.45, 7) is 1.88. The highest BCUT2D eigenvalue weighted by atomic mass is 19.4. The van der Waals surface area contributed by atoms with Crippen LogP contribution in [0.1, 0.15) is 30.7 Å². The summed E-state index contributed by atoms with van der Waals surface area (Å²) in [4.78, 5) is 18.5. The molecular formula is C18H16F3N3O. The van der Waals surface area contributed by atoms with Crippen LogP contribution in [0, 0.1) is 0 Å². The minimum atomic E-state index is -4.57. The molecule has 1 atom stereocenters. The van der Waals surface area contributed by atoms with Gasteiger partial charge in [0, 0.05) is 0 Å². The van der Waals surface area contributed by atoms with Gasteiger partial charge in [0.2, 0.25) is 11.7 Å². The van der Waals surface area contributed by atoms with Crippen molar-refractivity contribution in [3.63, 3.8) is 0 Å². The van der Waals surface area contributed by atoms with E-state index < -0.39 is 17.9 Å². The number of nitrogens with one attached hydrogen (secondary N) is 2. The maximum atomic E-state index is 12.8. The Morgan fingerprint density at radius 1 is 1.16 bits per heavy atom. The fourth-order valence-electron chi connectivity index (χ4n) is 2.74. The van der Waals surface area contributed by atoms with Crippen molar-refractivity contribution in [2.24, 2.45) is 0 Å². The second-order valence-electron chi connectivity index (χ2n) is 5.65. The van der Waals surface area contributed by atoms with Crippen molar-refractivity contribution in [3.8, 4) is 0 Å². The number of H-pyrrole nitrogens is 1. The van der Waals surface area contributed by atoms with Crippen LogP contribution in [0.15, 0.2) is 48.5 Å². The number of fused-ring (bicyclic) bond motifs is 1. The van der Waals surface area contributed by atoms with Gasteiger partial charge in [0.05, 0.1) is 17.1 Å². The average molecular weight is 347 g/mol. The zero-order valence-corrected chi connectivity index (χ0v) is 13.4. The first-order valence-corrected chi connectivity index (χ1v) is 7.82. The van der Waals surface area contributed by atoms with Crippen molar-refractivity contribution < 1.29 is 18.0 Å². The number of halogens is 3. The largest absolute Gasteiger partial charge is 0.449 e. The van der Waals surface area contributed by atoms with Crippen LogP contribution in [-0.2, 0) is 11.0 Å². The Morgan fingerprint density at radius 2 is 1.88 bits per heavy atom. The summed E-state index contributed by atoms with van der Waals surface area (Å²) in [6.07, 6.45) is -4.00. The Kier molecular flexibility index (Phi) is 4.48. The number of carbonyl (C=O) groups is 1. The number of hydrogen-bond acceptors (Lipinski definition) is 2. The molecule has 0 fully saturated rings. The molecule has 1 heterocycles. The van der Waals surface area contributed by atoms with E-state index in [1.54, 1.807) is 12.1 Å². The third-order valence-electron chi connectivity index (χ3n) is 3.97. The van der Waals surface area contributed by atoms with E-state index in [2.05, 4.69) is 15.3 Å². The maximum absolute atomic E-state index is 12.8. The highest BCUT2D eigenvalue weighted by Crippen LogP contribution is 2.31. The minimum Gasteiger partial charge on any atom is -0.334 e. The van der Waals surface area contributed by atoms with Gasteiger partial charge < -0.3 is 10.3 Å². The number of para-hydroxylation sites is 1. The molecule has 0 saturated carbocycles. The zero-order valence-electron chi connectivity index (χ0n) is 13.4. The highest BCUT2D eigenvalue weighted by Gasteiger charge is 2.35. The first-order valence-electron chi connectivity index (χ1n) is 7.82. The molecule has 0 radical (unpaired) electrons. The van der Waals surface area contributed by atoms with Crippen molar-refractivity contribution in [3.05, 3.63) is 59.9 Å². The van der Waals surface area contributed by atoms with Gasteiger partial charge in [-0.3, -0.25) is 4.79 Å². The zero-order chi connectivity index (χ0) is 18.0. The molecule has 0 aliphatic carbocycles. The Hall–Kier alpha value is -2.83. The molecule has 0 bridgehead atoms. The predicted octanol–water partition coefficient (Wildman–Crippen LogP) is 4.71. The van der Waals surface area contributed by atoms with E-state index in [0.29, 0.717) is 6.42 Å². The fourth-order valence-corrected chi connectivity index (χ4v) is 2.74.